The molecule has 0 aliphatic carbocycles. The summed E-state index contributed by atoms with van der Waals surface area (Å²) in [6.07, 6.45) is 0. The van der Waals surface area contributed by atoms with Gasteiger partial charge < -0.3 is 13.7 Å². The number of aromatic nitrogens is 1. The number of hydrogen-bond acceptors (Lipinski definition) is 3. The number of furan rings is 1. The topological polar surface area (TPSA) is 44.4 Å². The van der Waals surface area contributed by atoms with E-state index < -0.39 is 5.97 Å². The molecule has 24 heavy (non-hydrogen) atoms. The lowest BCUT2D eigenvalue weighted by Crippen LogP contribution is -2.02. The molecule has 4 rings (SSSR count). The average Bonchev–Trinajstić information content (AvgIpc) is 3.15. The van der Waals surface area contributed by atoms with Crippen molar-refractivity contribution in [2.75, 3.05) is 7.11 Å². The number of benzene rings is 2. The molecule has 0 atom stereocenters. The van der Waals surface area contributed by atoms with Crippen molar-refractivity contribution in [3.63, 3.8) is 0 Å². The number of halogens is 1. The maximum Gasteiger partial charge on any atom is 0.374 e. The Balaban J connectivity index is 1.95. The molecule has 2 heterocycles. The van der Waals surface area contributed by atoms with Crippen LogP contribution in [0.25, 0.3) is 22.0 Å². The minimum atomic E-state index is -0.535. The van der Waals surface area contributed by atoms with E-state index in [4.69, 9.17) is 9.15 Å². The monoisotopic (exact) mass is 323 g/mol. The number of methoxy groups -OCH3 is 1. The van der Waals surface area contributed by atoms with Gasteiger partial charge in [0.2, 0.25) is 5.76 Å². The quantitative estimate of drug-likeness (QED) is 0.526. The highest BCUT2D eigenvalue weighted by Crippen LogP contribution is 2.32. The van der Waals surface area contributed by atoms with Crippen LogP contribution in [0, 0.1) is 5.82 Å². The SMILES string of the molecule is COC(=O)c1cc2c(o1)c1ccccc1n2Cc1ccccc1F. The molecule has 0 radical (unpaired) electrons. The minimum Gasteiger partial charge on any atom is -0.463 e. The Morgan fingerprint density at radius 2 is 1.88 bits per heavy atom. The van der Waals surface area contributed by atoms with Gasteiger partial charge in [-0.25, -0.2) is 9.18 Å². The lowest BCUT2D eigenvalue weighted by Gasteiger charge is -2.07. The van der Waals surface area contributed by atoms with Gasteiger partial charge in [-0.15, -0.1) is 0 Å². The van der Waals surface area contributed by atoms with Gasteiger partial charge in [-0.1, -0.05) is 30.3 Å². The van der Waals surface area contributed by atoms with Crippen molar-refractivity contribution in [3.05, 3.63) is 71.7 Å². The van der Waals surface area contributed by atoms with E-state index in [9.17, 15) is 9.18 Å². The van der Waals surface area contributed by atoms with Crippen molar-refractivity contribution in [2.45, 2.75) is 6.54 Å². The summed E-state index contributed by atoms with van der Waals surface area (Å²) in [6.45, 7) is 0.344. The summed E-state index contributed by atoms with van der Waals surface area (Å²) in [4.78, 5) is 11.8. The number of para-hydroxylation sites is 1. The molecule has 2 aromatic heterocycles. The Hall–Kier alpha value is -3.08. The number of carbonyl (C=O) groups is 1. The third kappa shape index (κ3) is 2.17. The molecule has 5 heteroatoms. The molecule has 0 fully saturated rings. The van der Waals surface area contributed by atoms with Crippen molar-refractivity contribution < 1.29 is 18.3 Å². The van der Waals surface area contributed by atoms with Crippen LogP contribution in [0.3, 0.4) is 0 Å². The van der Waals surface area contributed by atoms with Gasteiger partial charge >= 0.3 is 5.97 Å². The van der Waals surface area contributed by atoms with Gasteiger partial charge in [-0.3, -0.25) is 0 Å². The molecule has 0 aliphatic heterocycles. The molecule has 0 saturated carbocycles. The van der Waals surface area contributed by atoms with E-state index in [0.717, 1.165) is 16.4 Å². The molecule has 0 N–H and O–H groups in total. The summed E-state index contributed by atoms with van der Waals surface area (Å²) >= 11 is 0. The summed E-state index contributed by atoms with van der Waals surface area (Å²) in [5.74, 6) is -0.664. The first-order valence-corrected chi connectivity index (χ1v) is 7.51. The molecule has 4 nitrogen and oxygen atoms in total. The number of rotatable bonds is 3. The van der Waals surface area contributed by atoms with Gasteiger partial charge in [0.15, 0.2) is 5.58 Å². The lowest BCUT2D eigenvalue weighted by atomic mass is 10.2. The standard InChI is InChI=1S/C19H14FNO3/c1-23-19(22)17-10-16-18(24-17)13-7-3-5-9-15(13)21(16)11-12-6-2-4-8-14(12)20/h2-10H,11H2,1H3. The second-order valence-corrected chi connectivity index (χ2v) is 5.51. The molecule has 0 saturated heterocycles. The number of carbonyl (C=O) groups excluding carboxylic acids is 1. The molecular formula is C19H14FNO3. The zero-order chi connectivity index (χ0) is 16.7. The second-order valence-electron chi connectivity index (χ2n) is 5.51. The molecule has 120 valence electrons. The third-order valence-corrected chi connectivity index (χ3v) is 4.12. The molecule has 0 aliphatic rings. The third-order valence-electron chi connectivity index (χ3n) is 4.12. The van der Waals surface area contributed by atoms with Gasteiger partial charge in [-0.2, -0.15) is 0 Å². The highest BCUT2D eigenvalue weighted by atomic mass is 19.1. The van der Waals surface area contributed by atoms with E-state index in [-0.39, 0.29) is 11.6 Å². The molecule has 0 bridgehead atoms. The summed E-state index contributed by atoms with van der Waals surface area (Å²) < 4.78 is 26.4. The van der Waals surface area contributed by atoms with E-state index >= 15 is 0 Å². The normalized spacial score (nSPS) is 11.2. The second kappa shape index (κ2) is 5.53. The first-order valence-electron chi connectivity index (χ1n) is 7.51. The van der Waals surface area contributed by atoms with Gasteiger partial charge in [0, 0.05) is 17.0 Å². The number of fused-ring (bicyclic) bond motifs is 3. The molecule has 4 aromatic rings. The predicted octanol–water partition coefficient (Wildman–Crippen LogP) is 4.36. The Morgan fingerprint density at radius 1 is 1.12 bits per heavy atom. The fourth-order valence-electron chi connectivity index (χ4n) is 2.97. The maximum absolute atomic E-state index is 14.1. The molecule has 0 amide bonds. The zero-order valence-corrected chi connectivity index (χ0v) is 13.0. The minimum absolute atomic E-state index is 0.135. The molecule has 2 aromatic carbocycles. The van der Waals surface area contributed by atoms with E-state index in [0.29, 0.717) is 17.7 Å². The Bertz CT molecular complexity index is 1060. The van der Waals surface area contributed by atoms with E-state index in [1.807, 2.05) is 28.8 Å². The van der Waals surface area contributed by atoms with Crippen LogP contribution in [-0.2, 0) is 11.3 Å². The van der Waals surface area contributed by atoms with Crippen LogP contribution in [0.2, 0.25) is 0 Å². The number of esters is 1. The Labute approximate surface area is 137 Å². The summed E-state index contributed by atoms with van der Waals surface area (Å²) in [5.41, 5.74) is 2.83. The van der Waals surface area contributed by atoms with Crippen molar-refractivity contribution >= 4 is 28.0 Å². The van der Waals surface area contributed by atoms with Crippen LogP contribution in [0.5, 0.6) is 0 Å². The highest BCUT2D eigenvalue weighted by molar-refractivity contribution is 6.07. The highest BCUT2D eigenvalue weighted by Gasteiger charge is 2.20. The van der Waals surface area contributed by atoms with Crippen LogP contribution in [0.15, 0.2) is 59.0 Å². The van der Waals surface area contributed by atoms with Gasteiger partial charge in [-0.05, 0) is 18.2 Å². The van der Waals surface area contributed by atoms with E-state index in [1.165, 1.54) is 13.2 Å². The van der Waals surface area contributed by atoms with Crippen molar-refractivity contribution in [1.29, 1.82) is 0 Å². The first kappa shape index (κ1) is 14.5. The fourth-order valence-corrected chi connectivity index (χ4v) is 2.97. The van der Waals surface area contributed by atoms with E-state index in [2.05, 4.69) is 0 Å². The van der Waals surface area contributed by atoms with Gasteiger partial charge in [0.1, 0.15) is 5.82 Å². The zero-order valence-electron chi connectivity index (χ0n) is 13.0. The lowest BCUT2D eigenvalue weighted by molar-refractivity contribution is 0.0568. The largest absolute Gasteiger partial charge is 0.463 e. The number of ether oxygens (including phenoxy) is 1. The first-order chi connectivity index (χ1) is 11.7. The maximum atomic E-state index is 14.1. The van der Waals surface area contributed by atoms with Crippen molar-refractivity contribution in [3.8, 4) is 0 Å². The Kier molecular flexibility index (Phi) is 3.34. The van der Waals surface area contributed by atoms with Crippen LogP contribution in [0.1, 0.15) is 16.1 Å². The molecule has 0 unspecified atom stereocenters. The Morgan fingerprint density at radius 3 is 2.67 bits per heavy atom. The fraction of sp³-hybridized carbons (Fsp3) is 0.105. The summed E-state index contributed by atoms with van der Waals surface area (Å²) in [5, 5.41) is 0.874. The smallest absolute Gasteiger partial charge is 0.374 e. The number of hydrogen-bond donors (Lipinski definition) is 0. The van der Waals surface area contributed by atoms with Crippen LogP contribution >= 0.6 is 0 Å². The van der Waals surface area contributed by atoms with E-state index in [1.54, 1.807) is 24.3 Å². The van der Waals surface area contributed by atoms with Gasteiger partial charge in [0.05, 0.1) is 24.7 Å². The van der Waals surface area contributed by atoms with Crippen LogP contribution < -0.4 is 0 Å². The molecular weight excluding hydrogens is 309 g/mol. The summed E-state index contributed by atoms with van der Waals surface area (Å²) in [7, 11) is 1.31. The average molecular weight is 323 g/mol. The predicted molar refractivity (Wildman–Crippen MR) is 88.6 cm³/mol. The van der Waals surface area contributed by atoms with Crippen LogP contribution in [-0.4, -0.2) is 17.6 Å². The van der Waals surface area contributed by atoms with Crippen molar-refractivity contribution in [2.24, 2.45) is 0 Å². The van der Waals surface area contributed by atoms with Crippen molar-refractivity contribution in [1.82, 2.24) is 4.57 Å². The number of nitrogens with zero attached hydrogens (tertiary/aromatic N) is 1. The molecule has 0 spiro atoms. The van der Waals surface area contributed by atoms with Crippen LogP contribution in [0.4, 0.5) is 4.39 Å². The van der Waals surface area contributed by atoms with Gasteiger partial charge in [0.25, 0.3) is 0 Å². The summed E-state index contributed by atoms with van der Waals surface area (Å²) in [6, 6.07) is 16.0.